The van der Waals surface area contributed by atoms with Crippen molar-refractivity contribution < 1.29 is 4.42 Å². The summed E-state index contributed by atoms with van der Waals surface area (Å²) in [6.45, 7) is 16.6. The molecule has 0 N–H and O–H groups in total. The van der Waals surface area contributed by atoms with Crippen LogP contribution in [0.4, 0.5) is 5.69 Å². The Hall–Kier alpha value is -2.16. The molecule has 0 amide bonds. The van der Waals surface area contributed by atoms with Gasteiger partial charge in [0.25, 0.3) is 0 Å². The molecule has 0 fully saturated rings. The molecular weight excluding hydrogens is 332 g/mol. The molecule has 3 nitrogen and oxygen atoms in total. The van der Waals surface area contributed by atoms with Gasteiger partial charge in [-0.1, -0.05) is 45.9 Å². The number of furan rings is 1. The smallest absolute Gasteiger partial charge is 0.207 e. The van der Waals surface area contributed by atoms with Gasteiger partial charge in [0.15, 0.2) is 0 Å². The third-order valence-electron chi connectivity index (χ3n) is 8.41. The van der Waals surface area contributed by atoms with Gasteiger partial charge >= 0.3 is 0 Å². The Morgan fingerprint density at radius 1 is 1.04 bits per heavy atom. The average Bonchev–Trinajstić information content (AvgIpc) is 3.20. The Kier molecular flexibility index (Phi) is 2.91. The lowest BCUT2D eigenvalue weighted by molar-refractivity contribution is 0.0519. The first-order chi connectivity index (χ1) is 12.5. The van der Waals surface area contributed by atoms with Gasteiger partial charge in [-0.15, -0.1) is 0 Å². The van der Waals surface area contributed by atoms with Gasteiger partial charge in [-0.25, -0.2) is 0 Å². The van der Waals surface area contributed by atoms with Crippen molar-refractivity contribution in [2.75, 3.05) is 4.90 Å². The molecule has 4 heterocycles. The largest absolute Gasteiger partial charge is 0.442 e. The first kappa shape index (κ1) is 17.0. The molecule has 2 aromatic heterocycles. The summed E-state index contributed by atoms with van der Waals surface area (Å²) in [5.74, 6) is 1.16. The number of hydrogen-bond donors (Lipinski definition) is 0. The van der Waals surface area contributed by atoms with Crippen molar-refractivity contribution in [3.05, 3.63) is 52.9 Å². The highest BCUT2D eigenvalue weighted by atomic mass is 16.4. The number of hydrogen-bond acceptors (Lipinski definition) is 2. The molecular formula is C24H30N2O. The molecule has 2 atom stereocenters. The van der Waals surface area contributed by atoms with E-state index in [4.69, 9.17) is 4.42 Å². The molecule has 0 spiro atoms. The van der Waals surface area contributed by atoms with E-state index in [-0.39, 0.29) is 22.4 Å². The van der Waals surface area contributed by atoms with E-state index >= 15 is 0 Å². The molecule has 27 heavy (non-hydrogen) atoms. The van der Waals surface area contributed by atoms with Crippen LogP contribution >= 0.6 is 0 Å². The zero-order valence-corrected chi connectivity index (χ0v) is 17.8. The lowest BCUT2D eigenvalue weighted by atomic mass is 9.52. The van der Waals surface area contributed by atoms with Gasteiger partial charge in [-0.05, 0) is 43.4 Å². The highest BCUT2D eigenvalue weighted by Gasteiger charge is 2.66. The van der Waals surface area contributed by atoms with Crippen molar-refractivity contribution in [2.24, 2.45) is 12.5 Å². The van der Waals surface area contributed by atoms with Gasteiger partial charge in [-0.3, -0.25) is 0 Å². The molecule has 0 saturated heterocycles. The molecule has 0 saturated carbocycles. The summed E-state index contributed by atoms with van der Waals surface area (Å²) in [5.41, 5.74) is 6.35. The number of nitrogens with zero attached hydrogens (tertiary/aromatic N) is 2. The molecule has 2 aliphatic heterocycles. The van der Waals surface area contributed by atoms with E-state index in [1.54, 1.807) is 0 Å². The van der Waals surface area contributed by atoms with Crippen LogP contribution < -0.4 is 4.90 Å². The van der Waals surface area contributed by atoms with Crippen molar-refractivity contribution in [1.82, 2.24) is 4.57 Å². The van der Waals surface area contributed by atoms with Gasteiger partial charge in [0.2, 0.25) is 5.71 Å². The summed E-state index contributed by atoms with van der Waals surface area (Å²) in [4.78, 5) is 2.66. The number of anilines is 1. The van der Waals surface area contributed by atoms with E-state index in [0.29, 0.717) is 0 Å². The number of fused-ring (bicyclic) bond motifs is 7. The predicted molar refractivity (Wildman–Crippen MR) is 111 cm³/mol. The van der Waals surface area contributed by atoms with Crippen LogP contribution in [0.15, 0.2) is 34.9 Å². The number of rotatable bonds is 0. The summed E-state index contributed by atoms with van der Waals surface area (Å²) in [7, 11) is 2.07. The third kappa shape index (κ3) is 1.58. The molecule has 3 heteroatoms. The van der Waals surface area contributed by atoms with Gasteiger partial charge in [-0.2, -0.15) is 0 Å². The Balaban J connectivity index is 1.93. The molecule has 3 aromatic rings. The Bertz CT molecular complexity index is 1100. The van der Waals surface area contributed by atoms with E-state index in [0.717, 1.165) is 11.5 Å². The summed E-state index contributed by atoms with van der Waals surface area (Å²) >= 11 is 0. The summed E-state index contributed by atoms with van der Waals surface area (Å²) in [6.07, 6.45) is 2.11. The average molecular weight is 363 g/mol. The lowest BCUT2D eigenvalue weighted by Crippen LogP contribution is -2.62. The Morgan fingerprint density at radius 3 is 2.44 bits per heavy atom. The molecule has 0 radical (unpaired) electrons. The van der Waals surface area contributed by atoms with Crippen LogP contribution in [0, 0.1) is 12.3 Å². The second-order valence-corrected chi connectivity index (χ2v) is 9.83. The van der Waals surface area contributed by atoms with Crippen molar-refractivity contribution >= 4 is 16.8 Å². The van der Waals surface area contributed by atoms with Crippen molar-refractivity contribution in [3.63, 3.8) is 0 Å². The topological polar surface area (TPSA) is 21.3 Å². The van der Waals surface area contributed by atoms with E-state index in [1.807, 2.05) is 0 Å². The van der Waals surface area contributed by atoms with Gasteiger partial charge < -0.3 is 13.9 Å². The standard InChI is InChI=1S/C24H30N2O/c1-14-10-9-11-17-19(14)26-15(2)18-16-12-13-25(8)21(16)27-20(18)24(26,7)23(5,6)22(17,3)4/h9-13,15H,1-8H3/t15-,24?/m0/s1. The van der Waals surface area contributed by atoms with Crippen LogP contribution in [0.5, 0.6) is 0 Å². The fraction of sp³-hybridized carbons (Fsp3) is 0.500. The fourth-order valence-electron chi connectivity index (χ4n) is 5.95. The predicted octanol–water partition coefficient (Wildman–Crippen LogP) is 6.19. The highest BCUT2D eigenvalue weighted by molar-refractivity contribution is 5.85. The molecule has 2 aliphatic rings. The monoisotopic (exact) mass is 362 g/mol. The van der Waals surface area contributed by atoms with Crippen molar-refractivity contribution in [2.45, 2.75) is 65.5 Å². The number of aromatic nitrogens is 1. The third-order valence-corrected chi connectivity index (χ3v) is 8.41. The maximum atomic E-state index is 6.63. The van der Waals surface area contributed by atoms with Crippen LogP contribution in [0.3, 0.4) is 0 Å². The molecule has 5 rings (SSSR count). The number of aryl methyl sites for hydroxylation is 2. The summed E-state index contributed by atoms with van der Waals surface area (Å²) in [5, 5.41) is 1.26. The Morgan fingerprint density at radius 2 is 1.74 bits per heavy atom. The fourth-order valence-corrected chi connectivity index (χ4v) is 5.95. The number of para-hydroxylation sites is 1. The minimum atomic E-state index is -0.205. The molecule has 1 aromatic carbocycles. The molecule has 0 bridgehead atoms. The van der Waals surface area contributed by atoms with Crippen LogP contribution in [0.2, 0.25) is 0 Å². The maximum Gasteiger partial charge on any atom is 0.207 e. The quantitative estimate of drug-likeness (QED) is 0.475. The van der Waals surface area contributed by atoms with Gasteiger partial charge in [0.1, 0.15) is 11.3 Å². The normalized spacial score (nSPS) is 27.6. The van der Waals surface area contributed by atoms with Crippen molar-refractivity contribution in [3.8, 4) is 0 Å². The van der Waals surface area contributed by atoms with Crippen LogP contribution in [0.25, 0.3) is 11.1 Å². The molecule has 0 aliphatic carbocycles. The first-order valence-corrected chi connectivity index (χ1v) is 10.0. The number of benzene rings is 1. The highest BCUT2D eigenvalue weighted by Crippen LogP contribution is 2.68. The first-order valence-electron chi connectivity index (χ1n) is 10.0. The van der Waals surface area contributed by atoms with Crippen LogP contribution in [-0.4, -0.2) is 4.57 Å². The van der Waals surface area contributed by atoms with E-state index in [9.17, 15) is 0 Å². The zero-order valence-electron chi connectivity index (χ0n) is 17.8. The zero-order chi connectivity index (χ0) is 19.5. The van der Waals surface area contributed by atoms with Crippen molar-refractivity contribution in [1.29, 1.82) is 0 Å². The Labute approximate surface area is 162 Å². The maximum absolute atomic E-state index is 6.63. The van der Waals surface area contributed by atoms with E-state index < -0.39 is 0 Å². The summed E-state index contributed by atoms with van der Waals surface area (Å²) < 4.78 is 8.73. The van der Waals surface area contributed by atoms with Crippen LogP contribution in [0.1, 0.15) is 70.0 Å². The minimum absolute atomic E-state index is 0.0138. The molecule has 1 unspecified atom stereocenters. The summed E-state index contributed by atoms with van der Waals surface area (Å²) in [6, 6.07) is 9.28. The second kappa shape index (κ2) is 4.63. The minimum Gasteiger partial charge on any atom is -0.442 e. The lowest BCUT2D eigenvalue weighted by Gasteiger charge is -2.61. The van der Waals surface area contributed by atoms with Gasteiger partial charge in [0.05, 0.1) is 6.04 Å². The molecule has 142 valence electrons. The van der Waals surface area contributed by atoms with Crippen LogP contribution in [-0.2, 0) is 18.0 Å². The second-order valence-electron chi connectivity index (χ2n) is 9.83. The van der Waals surface area contributed by atoms with Gasteiger partial charge in [0, 0.05) is 35.3 Å². The SMILES string of the molecule is Cc1cccc2c1N1[C@@H](C)c3c(oc4c3ccn4C)C1(C)C(C)(C)C2(C)C. The van der Waals surface area contributed by atoms with E-state index in [2.05, 4.69) is 95.4 Å². The van der Waals surface area contributed by atoms with E-state index in [1.165, 1.54) is 27.8 Å².